The number of aliphatic imine (C=N–C) groups is 1. The minimum Gasteiger partial charge on any atom is -0.486 e. The van der Waals surface area contributed by atoms with Crippen LogP contribution in [0.3, 0.4) is 0 Å². The SMILES string of the molecule is O=C1OC(c2ccc3ccccc3c2)=NC1=Cc1cc(Br)c(OCc2ccccc2F)c(Br)c1. The Bertz CT molecular complexity index is 1470. The van der Waals surface area contributed by atoms with Crippen molar-refractivity contribution in [1.29, 1.82) is 0 Å². The summed E-state index contributed by atoms with van der Waals surface area (Å²) in [5.41, 5.74) is 2.10. The second-order valence-corrected chi connectivity index (χ2v) is 9.30. The number of halogens is 3. The number of esters is 1. The van der Waals surface area contributed by atoms with E-state index in [9.17, 15) is 9.18 Å². The number of nitrogens with zero attached hydrogens (tertiary/aromatic N) is 1. The second kappa shape index (κ2) is 9.52. The molecule has 168 valence electrons. The summed E-state index contributed by atoms with van der Waals surface area (Å²) in [6, 6.07) is 23.8. The number of carbonyl (C=O) groups excluding carboxylic acids is 1. The molecule has 0 N–H and O–H groups in total. The van der Waals surface area contributed by atoms with Crippen LogP contribution in [0, 0.1) is 5.82 Å². The van der Waals surface area contributed by atoms with E-state index >= 15 is 0 Å². The number of cyclic esters (lactones) is 1. The average molecular weight is 581 g/mol. The van der Waals surface area contributed by atoms with Gasteiger partial charge in [0.2, 0.25) is 5.90 Å². The second-order valence-electron chi connectivity index (χ2n) is 7.59. The Morgan fingerprint density at radius 2 is 1.62 bits per heavy atom. The highest BCUT2D eigenvalue weighted by atomic mass is 79.9. The van der Waals surface area contributed by atoms with E-state index in [1.807, 2.05) is 42.5 Å². The number of rotatable bonds is 5. The van der Waals surface area contributed by atoms with Crippen LogP contribution in [0.1, 0.15) is 16.7 Å². The molecule has 7 heteroatoms. The summed E-state index contributed by atoms with van der Waals surface area (Å²) in [6.07, 6.45) is 1.65. The molecule has 0 amide bonds. The van der Waals surface area contributed by atoms with Gasteiger partial charge in [0, 0.05) is 11.1 Å². The van der Waals surface area contributed by atoms with Gasteiger partial charge in [-0.25, -0.2) is 14.2 Å². The number of ether oxygens (including phenoxy) is 2. The molecule has 0 saturated carbocycles. The van der Waals surface area contributed by atoms with E-state index in [0.717, 1.165) is 16.3 Å². The monoisotopic (exact) mass is 579 g/mol. The van der Waals surface area contributed by atoms with Gasteiger partial charge in [-0.2, -0.15) is 0 Å². The Morgan fingerprint density at radius 1 is 0.912 bits per heavy atom. The summed E-state index contributed by atoms with van der Waals surface area (Å²) in [5, 5.41) is 2.13. The van der Waals surface area contributed by atoms with E-state index in [1.54, 1.807) is 36.4 Å². The molecule has 4 aromatic carbocycles. The normalized spacial score (nSPS) is 14.4. The van der Waals surface area contributed by atoms with Crippen molar-refractivity contribution in [2.75, 3.05) is 0 Å². The molecule has 1 heterocycles. The van der Waals surface area contributed by atoms with Crippen LogP contribution in [0.2, 0.25) is 0 Å². The lowest BCUT2D eigenvalue weighted by molar-refractivity contribution is -0.129. The first-order valence-electron chi connectivity index (χ1n) is 10.3. The van der Waals surface area contributed by atoms with Crippen LogP contribution >= 0.6 is 31.9 Å². The van der Waals surface area contributed by atoms with Crippen LogP contribution < -0.4 is 4.74 Å². The third-order valence-electron chi connectivity index (χ3n) is 5.27. The molecule has 0 spiro atoms. The van der Waals surface area contributed by atoms with Gasteiger partial charge >= 0.3 is 5.97 Å². The molecular weight excluding hydrogens is 565 g/mol. The minimum atomic E-state index is -0.518. The van der Waals surface area contributed by atoms with E-state index in [2.05, 4.69) is 36.9 Å². The van der Waals surface area contributed by atoms with Crippen molar-refractivity contribution < 1.29 is 18.7 Å². The van der Waals surface area contributed by atoms with Gasteiger partial charge in [-0.1, -0.05) is 48.5 Å². The zero-order valence-corrected chi connectivity index (χ0v) is 20.8. The molecule has 1 aliphatic heterocycles. The van der Waals surface area contributed by atoms with Crippen LogP contribution in [0.4, 0.5) is 4.39 Å². The van der Waals surface area contributed by atoms with Gasteiger partial charge in [0.25, 0.3) is 0 Å². The summed E-state index contributed by atoms with van der Waals surface area (Å²) in [5.74, 6) is -0.0454. The van der Waals surface area contributed by atoms with E-state index in [4.69, 9.17) is 9.47 Å². The van der Waals surface area contributed by atoms with Crippen molar-refractivity contribution in [2.24, 2.45) is 4.99 Å². The van der Waals surface area contributed by atoms with Crippen molar-refractivity contribution in [2.45, 2.75) is 6.61 Å². The summed E-state index contributed by atoms with van der Waals surface area (Å²) >= 11 is 6.99. The molecule has 1 aliphatic rings. The van der Waals surface area contributed by atoms with Crippen LogP contribution in [0.15, 0.2) is 98.5 Å². The molecule has 0 aromatic heterocycles. The fraction of sp³-hybridized carbons (Fsp3) is 0.0370. The molecule has 0 radical (unpaired) electrons. The largest absolute Gasteiger partial charge is 0.486 e. The molecule has 4 aromatic rings. The smallest absolute Gasteiger partial charge is 0.363 e. The van der Waals surface area contributed by atoms with E-state index in [1.165, 1.54) is 6.07 Å². The van der Waals surface area contributed by atoms with Crippen LogP contribution in [-0.2, 0) is 16.1 Å². The quantitative estimate of drug-likeness (QED) is 0.182. The molecule has 0 bridgehead atoms. The molecule has 0 aliphatic carbocycles. The molecule has 5 rings (SSSR count). The first-order valence-corrected chi connectivity index (χ1v) is 11.9. The molecule has 34 heavy (non-hydrogen) atoms. The van der Waals surface area contributed by atoms with Crippen molar-refractivity contribution >= 4 is 60.6 Å². The van der Waals surface area contributed by atoms with Gasteiger partial charge in [0.1, 0.15) is 18.2 Å². The first kappa shape index (κ1) is 22.5. The number of hydrogen-bond donors (Lipinski definition) is 0. The Kier molecular flexibility index (Phi) is 6.30. The molecule has 4 nitrogen and oxygen atoms in total. The van der Waals surface area contributed by atoms with Crippen molar-refractivity contribution in [3.05, 3.63) is 116 Å². The predicted octanol–water partition coefficient (Wildman–Crippen LogP) is 7.43. The third-order valence-corrected chi connectivity index (χ3v) is 6.45. The van der Waals surface area contributed by atoms with Gasteiger partial charge in [-0.15, -0.1) is 0 Å². The van der Waals surface area contributed by atoms with Crippen molar-refractivity contribution in [3.8, 4) is 5.75 Å². The van der Waals surface area contributed by atoms with Gasteiger partial charge < -0.3 is 9.47 Å². The van der Waals surface area contributed by atoms with Gasteiger partial charge in [-0.05, 0) is 84.6 Å². The number of carbonyl (C=O) groups is 1. The van der Waals surface area contributed by atoms with E-state index in [0.29, 0.717) is 25.8 Å². The summed E-state index contributed by atoms with van der Waals surface area (Å²) < 4.78 is 26.4. The first-order chi connectivity index (χ1) is 16.5. The Balaban J connectivity index is 1.39. The minimum absolute atomic E-state index is 0.0794. The lowest BCUT2D eigenvalue weighted by Crippen LogP contribution is -2.05. The van der Waals surface area contributed by atoms with E-state index < -0.39 is 5.97 Å². The lowest BCUT2D eigenvalue weighted by Gasteiger charge is -2.12. The molecule has 0 unspecified atom stereocenters. The number of fused-ring (bicyclic) bond motifs is 1. The average Bonchev–Trinajstić information content (AvgIpc) is 3.19. The zero-order valence-electron chi connectivity index (χ0n) is 17.6. The third kappa shape index (κ3) is 4.67. The summed E-state index contributed by atoms with van der Waals surface area (Å²) in [7, 11) is 0. The molecule has 0 atom stereocenters. The number of hydrogen-bond acceptors (Lipinski definition) is 4. The molecular formula is C27H16Br2FNO3. The Morgan fingerprint density at radius 3 is 2.38 bits per heavy atom. The van der Waals surface area contributed by atoms with Gasteiger partial charge in [0.15, 0.2) is 5.70 Å². The van der Waals surface area contributed by atoms with Crippen LogP contribution in [-0.4, -0.2) is 11.9 Å². The highest BCUT2D eigenvalue weighted by Gasteiger charge is 2.24. The van der Waals surface area contributed by atoms with Crippen molar-refractivity contribution in [1.82, 2.24) is 0 Å². The highest BCUT2D eigenvalue weighted by molar-refractivity contribution is 9.11. The van der Waals surface area contributed by atoms with Crippen LogP contribution in [0.5, 0.6) is 5.75 Å². The predicted molar refractivity (Wildman–Crippen MR) is 137 cm³/mol. The summed E-state index contributed by atoms with van der Waals surface area (Å²) in [4.78, 5) is 16.9. The fourth-order valence-corrected chi connectivity index (χ4v) is 5.03. The fourth-order valence-electron chi connectivity index (χ4n) is 3.58. The van der Waals surface area contributed by atoms with Crippen LogP contribution in [0.25, 0.3) is 16.8 Å². The van der Waals surface area contributed by atoms with Gasteiger partial charge in [-0.3, -0.25) is 0 Å². The topological polar surface area (TPSA) is 47.9 Å². The lowest BCUT2D eigenvalue weighted by atomic mass is 10.1. The van der Waals surface area contributed by atoms with E-state index in [-0.39, 0.29) is 24.0 Å². The Labute approximate surface area is 212 Å². The molecule has 0 saturated heterocycles. The number of benzene rings is 4. The molecule has 0 fully saturated rings. The maximum atomic E-state index is 13.9. The summed E-state index contributed by atoms with van der Waals surface area (Å²) in [6.45, 7) is 0.0794. The van der Waals surface area contributed by atoms with Gasteiger partial charge in [0.05, 0.1) is 8.95 Å². The van der Waals surface area contributed by atoms with Crippen molar-refractivity contribution in [3.63, 3.8) is 0 Å². The maximum absolute atomic E-state index is 13.9. The highest BCUT2D eigenvalue weighted by Crippen LogP contribution is 2.36. The standard InChI is InChI=1S/C27H16Br2FNO3/c28-21-11-16(12-22(29)25(21)33-15-20-7-3-4-8-23(20)30)13-24-27(32)34-26(31-24)19-10-9-17-5-1-2-6-18(17)14-19/h1-14H,15H2. The Hall–Kier alpha value is -3.29. The maximum Gasteiger partial charge on any atom is 0.363 e. The zero-order chi connectivity index (χ0) is 23.7.